The smallest absolute Gasteiger partial charge is 0.191 e. The van der Waals surface area contributed by atoms with Crippen LogP contribution in [0.2, 0.25) is 0 Å². The summed E-state index contributed by atoms with van der Waals surface area (Å²) < 4.78 is 6.41. The molecule has 3 atom stereocenters. The highest BCUT2D eigenvalue weighted by Gasteiger charge is 2.60. The molecule has 0 N–H and O–H groups in total. The van der Waals surface area contributed by atoms with Crippen LogP contribution in [0.4, 0.5) is 0 Å². The van der Waals surface area contributed by atoms with Crippen molar-refractivity contribution in [2.75, 3.05) is 0 Å². The Balaban J connectivity index is 1.54. The van der Waals surface area contributed by atoms with Crippen molar-refractivity contribution in [3.8, 4) is 0 Å². The topological polar surface area (TPSA) is 21.6 Å². The van der Waals surface area contributed by atoms with E-state index in [4.69, 9.17) is 9.73 Å². The van der Waals surface area contributed by atoms with Gasteiger partial charge in [-0.3, -0.25) is 4.99 Å². The van der Waals surface area contributed by atoms with Crippen LogP contribution in [0.15, 0.2) is 35.3 Å². The molecule has 1 saturated carbocycles. The highest BCUT2D eigenvalue weighted by Crippen LogP contribution is 2.62. The van der Waals surface area contributed by atoms with Gasteiger partial charge in [-0.25, -0.2) is 0 Å². The molecule has 1 aromatic rings. The predicted octanol–water partition coefficient (Wildman–Crippen LogP) is 4.88. The maximum atomic E-state index is 6.61. The summed E-state index contributed by atoms with van der Waals surface area (Å²) in [5.41, 5.74) is 1.19. The highest BCUT2D eigenvalue weighted by molar-refractivity contribution is 8.26. The summed E-state index contributed by atoms with van der Waals surface area (Å²) in [6, 6.07) is 10.6. The Morgan fingerprint density at radius 1 is 1.18 bits per heavy atom. The summed E-state index contributed by atoms with van der Waals surface area (Å²) in [5, 5.41) is 1.90. The van der Waals surface area contributed by atoms with Gasteiger partial charge in [0.05, 0.1) is 11.1 Å². The van der Waals surface area contributed by atoms with Crippen molar-refractivity contribution >= 4 is 28.6 Å². The number of thioether (sulfide) groups is 2. The first kappa shape index (κ1) is 15.1. The molecular weight excluding hydrogens is 310 g/mol. The fourth-order valence-corrected chi connectivity index (χ4v) is 7.31. The molecular formula is C18H23NOS2. The lowest BCUT2D eigenvalue weighted by atomic mass is 9.97. The van der Waals surface area contributed by atoms with Gasteiger partial charge in [0, 0.05) is 11.7 Å². The van der Waals surface area contributed by atoms with Gasteiger partial charge in [-0.2, -0.15) is 0 Å². The number of benzene rings is 1. The van der Waals surface area contributed by atoms with Gasteiger partial charge in [0.1, 0.15) is 5.54 Å². The third-order valence-electron chi connectivity index (χ3n) is 4.86. The Labute approximate surface area is 141 Å². The van der Waals surface area contributed by atoms with Crippen molar-refractivity contribution in [3.63, 3.8) is 0 Å². The molecule has 22 heavy (non-hydrogen) atoms. The van der Waals surface area contributed by atoms with Gasteiger partial charge < -0.3 is 4.74 Å². The first-order valence-corrected chi connectivity index (χ1v) is 9.95. The molecule has 0 aromatic heterocycles. The monoisotopic (exact) mass is 333 g/mol. The second-order valence-electron chi connectivity index (χ2n) is 6.98. The first-order valence-electron chi connectivity index (χ1n) is 8.25. The minimum absolute atomic E-state index is 0.149. The zero-order chi connectivity index (χ0) is 15.2. The van der Waals surface area contributed by atoms with Crippen molar-refractivity contribution in [1.29, 1.82) is 0 Å². The number of rotatable bonds is 2. The maximum absolute atomic E-state index is 6.61. The van der Waals surface area contributed by atoms with Gasteiger partial charge in [0.15, 0.2) is 4.27 Å². The quantitative estimate of drug-likeness (QED) is 0.770. The standard InChI is InChI=1S/C18H23NOS2/c1-17(2)18(20-14-10-6-7-11-15(14)21-18)22-16(19-17)12-13-8-4-3-5-9-13/h3-5,8-9,14-15H,6-7,10-12H2,1-2H3/t14-,15-,18-/m1/s1. The Morgan fingerprint density at radius 3 is 2.73 bits per heavy atom. The molecule has 2 fully saturated rings. The van der Waals surface area contributed by atoms with Crippen LogP contribution >= 0.6 is 23.5 Å². The van der Waals surface area contributed by atoms with Crippen LogP contribution in [0.3, 0.4) is 0 Å². The third kappa shape index (κ3) is 2.53. The number of hydrogen-bond donors (Lipinski definition) is 0. The molecule has 118 valence electrons. The molecule has 0 bridgehead atoms. The summed E-state index contributed by atoms with van der Waals surface area (Å²) in [5.74, 6) is 0. The molecule has 4 rings (SSSR count). The minimum Gasteiger partial charge on any atom is -0.348 e. The Bertz CT molecular complexity index is 570. The third-order valence-corrected chi connectivity index (χ3v) is 8.48. The number of aliphatic imine (C=N–C) groups is 1. The lowest BCUT2D eigenvalue weighted by molar-refractivity contribution is -0.00575. The molecule has 0 amide bonds. The number of nitrogens with zero attached hydrogens (tertiary/aromatic N) is 1. The maximum Gasteiger partial charge on any atom is 0.191 e. The molecule has 1 spiro atoms. The van der Waals surface area contributed by atoms with Gasteiger partial charge in [-0.1, -0.05) is 54.9 Å². The summed E-state index contributed by atoms with van der Waals surface area (Å²) in [6.45, 7) is 4.48. The summed E-state index contributed by atoms with van der Waals surface area (Å²) >= 11 is 3.93. The molecule has 0 radical (unpaired) electrons. The molecule has 1 aromatic carbocycles. The number of fused-ring (bicyclic) bond motifs is 1. The van der Waals surface area contributed by atoms with Crippen molar-refractivity contribution in [2.24, 2.45) is 4.99 Å². The average molecular weight is 334 g/mol. The molecule has 2 nitrogen and oxygen atoms in total. The van der Waals surface area contributed by atoms with Gasteiger partial charge in [0.2, 0.25) is 0 Å². The molecule has 1 saturated heterocycles. The zero-order valence-corrected chi connectivity index (χ0v) is 14.9. The van der Waals surface area contributed by atoms with E-state index in [-0.39, 0.29) is 9.80 Å². The molecule has 1 aliphatic carbocycles. The van der Waals surface area contributed by atoms with E-state index >= 15 is 0 Å². The largest absolute Gasteiger partial charge is 0.348 e. The van der Waals surface area contributed by atoms with Crippen LogP contribution in [0, 0.1) is 0 Å². The summed E-state index contributed by atoms with van der Waals surface area (Å²) in [6.07, 6.45) is 6.58. The van der Waals surface area contributed by atoms with E-state index in [1.807, 2.05) is 11.8 Å². The fourth-order valence-electron chi connectivity index (χ4n) is 3.62. The lowest BCUT2D eigenvalue weighted by Crippen LogP contribution is -2.40. The van der Waals surface area contributed by atoms with E-state index in [0.29, 0.717) is 11.4 Å². The van der Waals surface area contributed by atoms with Gasteiger partial charge in [-0.05, 0) is 32.3 Å². The highest BCUT2D eigenvalue weighted by atomic mass is 32.2. The summed E-state index contributed by atoms with van der Waals surface area (Å²) in [7, 11) is 0. The Kier molecular flexibility index (Phi) is 3.82. The molecule has 4 heteroatoms. The number of hydrogen-bond acceptors (Lipinski definition) is 4. The van der Waals surface area contributed by atoms with E-state index in [2.05, 4.69) is 55.9 Å². The van der Waals surface area contributed by atoms with Crippen molar-refractivity contribution in [2.45, 2.75) is 67.1 Å². The molecule has 2 aliphatic heterocycles. The second kappa shape index (κ2) is 5.57. The zero-order valence-electron chi connectivity index (χ0n) is 13.2. The average Bonchev–Trinajstić information content (AvgIpc) is 2.97. The van der Waals surface area contributed by atoms with Crippen LogP contribution in [0.5, 0.6) is 0 Å². The van der Waals surface area contributed by atoms with Gasteiger partial charge in [-0.15, -0.1) is 11.8 Å². The van der Waals surface area contributed by atoms with Gasteiger partial charge >= 0.3 is 0 Å². The van der Waals surface area contributed by atoms with Crippen LogP contribution in [-0.2, 0) is 11.2 Å². The van der Waals surface area contributed by atoms with E-state index < -0.39 is 0 Å². The fraction of sp³-hybridized carbons (Fsp3) is 0.611. The van der Waals surface area contributed by atoms with Crippen LogP contribution in [0.25, 0.3) is 0 Å². The SMILES string of the molecule is CC1(C)N=C(Cc2ccccc2)S[C@@]12O[C@@H]1CCCC[C@H]1S2. The Hall–Kier alpha value is -0.450. The van der Waals surface area contributed by atoms with Crippen molar-refractivity contribution in [3.05, 3.63) is 35.9 Å². The van der Waals surface area contributed by atoms with Crippen LogP contribution in [-0.4, -0.2) is 26.2 Å². The normalized spacial score (nSPS) is 36.4. The predicted molar refractivity (Wildman–Crippen MR) is 96.7 cm³/mol. The lowest BCUT2D eigenvalue weighted by Gasteiger charge is -2.33. The molecule has 0 unspecified atom stereocenters. The second-order valence-corrected chi connectivity index (χ2v) is 9.91. The number of ether oxygens (including phenoxy) is 1. The van der Waals surface area contributed by atoms with E-state index in [1.165, 1.54) is 36.3 Å². The van der Waals surface area contributed by atoms with E-state index in [9.17, 15) is 0 Å². The Morgan fingerprint density at radius 2 is 1.95 bits per heavy atom. The first-order chi connectivity index (χ1) is 10.6. The van der Waals surface area contributed by atoms with Crippen molar-refractivity contribution in [1.82, 2.24) is 0 Å². The van der Waals surface area contributed by atoms with Crippen molar-refractivity contribution < 1.29 is 4.74 Å². The van der Waals surface area contributed by atoms with Crippen LogP contribution < -0.4 is 0 Å². The van der Waals surface area contributed by atoms with Crippen LogP contribution in [0.1, 0.15) is 45.1 Å². The summed E-state index contributed by atoms with van der Waals surface area (Å²) in [4.78, 5) is 5.04. The van der Waals surface area contributed by atoms with E-state index in [0.717, 1.165) is 6.42 Å². The molecule has 2 heterocycles. The minimum atomic E-state index is -0.198. The molecule has 3 aliphatic rings. The van der Waals surface area contributed by atoms with E-state index in [1.54, 1.807) is 0 Å². The van der Waals surface area contributed by atoms with Gasteiger partial charge in [0.25, 0.3) is 0 Å².